The van der Waals surface area contributed by atoms with Crippen LogP contribution < -0.4 is 11.1 Å². The van der Waals surface area contributed by atoms with Crippen molar-refractivity contribution in [3.63, 3.8) is 0 Å². The Kier molecular flexibility index (Phi) is 5.26. The fourth-order valence-electron chi connectivity index (χ4n) is 3.08. The summed E-state index contributed by atoms with van der Waals surface area (Å²) in [5, 5.41) is 6.95. The summed E-state index contributed by atoms with van der Waals surface area (Å²) in [5.74, 6) is -1.92. The topological polar surface area (TPSA) is 72.9 Å². The molecule has 130 valence electrons. The number of primary amides is 1. The number of hydrogen-bond donors (Lipinski definition) is 2. The first kappa shape index (κ1) is 17.7. The molecule has 2 fully saturated rings. The molecule has 2 amide bonds. The summed E-state index contributed by atoms with van der Waals surface area (Å²) < 4.78 is 27.7. The van der Waals surface area contributed by atoms with E-state index in [9.17, 15) is 13.6 Å². The molecule has 23 heavy (non-hydrogen) atoms. The number of nitrogens with two attached hydrogens (primary N) is 1. The summed E-state index contributed by atoms with van der Waals surface area (Å²) in [4.78, 5) is 11.1. The number of amides is 2. The van der Waals surface area contributed by atoms with E-state index in [1.807, 2.05) is 0 Å². The minimum absolute atomic E-state index is 0.153. The molecule has 2 saturated carbocycles. The Morgan fingerprint density at radius 3 is 2.30 bits per heavy atom. The molecule has 1 aromatic rings. The minimum atomic E-state index is -2.57. The number of anilines is 1. The molecule has 0 saturated heterocycles. The minimum Gasteiger partial charge on any atom is -0.351 e. The number of alkyl halides is 2. The molecule has 0 unspecified atom stereocenters. The van der Waals surface area contributed by atoms with Gasteiger partial charge in [-0.1, -0.05) is 26.7 Å². The van der Waals surface area contributed by atoms with Crippen LogP contribution in [0.4, 0.5) is 19.4 Å². The van der Waals surface area contributed by atoms with Gasteiger partial charge in [0.2, 0.25) is 5.92 Å². The maximum atomic E-state index is 13.1. The zero-order valence-corrected chi connectivity index (χ0v) is 14.0. The van der Waals surface area contributed by atoms with Crippen molar-refractivity contribution in [2.45, 2.75) is 70.1 Å². The SMILES string of the molecule is CCC.Cn1nc(C2CC(F)(F)C2)c(C2CCC2)c1NC(N)=O. The van der Waals surface area contributed by atoms with E-state index in [2.05, 4.69) is 24.3 Å². The van der Waals surface area contributed by atoms with Gasteiger partial charge in [-0.05, 0) is 18.8 Å². The Hall–Kier alpha value is -1.66. The molecule has 0 spiro atoms. The van der Waals surface area contributed by atoms with Crippen LogP contribution in [0.15, 0.2) is 0 Å². The van der Waals surface area contributed by atoms with Gasteiger partial charge in [0.05, 0.1) is 5.69 Å². The standard InChI is InChI=1S/C13H18F2N4O.C3H8/c1-19-11(17-12(16)20)9(7-3-2-4-7)10(18-19)8-5-13(14,15)6-8;1-3-2/h7-8H,2-6H2,1H3,(H3,16,17,20);3H2,1-2H3. The van der Waals surface area contributed by atoms with Crippen LogP contribution in [0.2, 0.25) is 0 Å². The van der Waals surface area contributed by atoms with Crippen molar-refractivity contribution in [1.29, 1.82) is 0 Å². The summed E-state index contributed by atoms with van der Waals surface area (Å²) in [6, 6.07) is -0.654. The van der Waals surface area contributed by atoms with E-state index in [1.54, 1.807) is 11.7 Å². The van der Waals surface area contributed by atoms with Gasteiger partial charge in [0.1, 0.15) is 5.82 Å². The molecule has 0 atom stereocenters. The number of aromatic nitrogens is 2. The predicted molar refractivity (Wildman–Crippen MR) is 85.9 cm³/mol. The predicted octanol–water partition coefficient (Wildman–Crippen LogP) is 4.11. The lowest BCUT2D eigenvalue weighted by atomic mass is 9.73. The monoisotopic (exact) mass is 328 g/mol. The van der Waals surface area contributed by atoms with Gasteiger partial charge >= 0.3 is 6.03 Å². The molecule has 1 heterocycles. The average molecular weight is 328 g/mol. The smallest absolute Gasteiger partial charge is 0.317 e. The Morgan fingerprint density at radius 2 is 1.91 bits per heavy atom. The molecule has 0 aliphatic heterocycles. The molecule has 7 heteroatoms. The highest BCUT2D eigenvalue weighted by atomic mass is 19.3. The number of nitrogens with zero attached hydrogens (tertiary/aromatic N) is 2. The van der Waals surface area contributed by atoms with Crippen molar-refractivity contribution in [3.05, 3.63) is 11.3 Å². The summed E-state index contributed by atoms with van der Waals surface area (Å²) >= 11 is 0. The summed E-state index contributed by atoms with van der Waals surface area (Å²) in [7, 11) is 1.70. The Bertz CT molecular complexity index is 559. The quantitative estimate of drug-likeness (QED) is 0.876. The van der Waals surface area contributed by atoms with Crippen LogP contribution in [-0.2, 0) is 7.05 Å². The van der Waals surface area contributed by atoms with Crippen LogP contribution in [0.5, 0.6) is 0 Å². The van der Waals surface area contributed by atoms with Gasteiger partial charge in [0.25, 0.3) is 0 Å². The van der Waals surface area contributed by atoms with Gasteiger partial charge in [-0.25, -0.2) is 13.6 Å². The maximum absolute atomic E-state index is 13.1. The molecule has 0 aromatic carbocycles. The largest absolute Gasteiger partial charge is 0.351 e. The summed E-state index contributed by atoms with van der Waals surface area (Å²) in [5.41, 5.74) is 6.82. The lowest BCUT2D eigenvalue weighted by Crippen LogP contribution is -2.34. The zero-order valence-electron chi connectivity index (χ0n) is 14.0. The zero-order chi connectivity index (χ0) is 17.2. The Labute approximate surface area is 135 Å². The Morgan fingerprint density at radius 1 is 1.35 bits per heavy atom. The highest BCUT2D eigenvalue weighted by Gasteiger charge is 2.48. The lowest BCUT2D eigenvalue weighted by Gasteiger charge is -2.36. The van der Waals surface area contributed by atoms with Crippen LogP contribution >= 0.6 is 0 Å². The molecular formula is C16H26F2N4O. The third kappa shape index (κ3) is 3.82. The molecule has 2 aliphatic rings. The second-order valence-corrected chi connectivity index (χ2v) is 6.56. The van der Waals surface area contributed by atoms with Gasteiger partial charge in [0.15, 0.2) is 0 Å². The fourth-order valence-corrected chi connectivity index (χ4v) is 3.08. The van der Waals surface area contributed by atoms with Gasteiger partial charge in [-0.15, -0.1) is 0 Å². The van der Waals surface area contributed by atoms with Gasteiger partial charge in [0, 0.05) is 31.4 Å². The van der Waals surface area contributed by atoms with Gasteiger partial charge in [-0.2, -0.15) is 5.10 Å². The van der Waals surface area contributed by atoms with Crippen molar-refractivity contribution in [2.24, 2.45) is 12.8 Å². The first-order valence-electron chi connectivity index (χ1n) is 8.30. The van der Waals surface area contributed by atoms with Crippen molar-refractivity contribution < 1.29 is 13.6 Å². The molecule has 2 aliphatic carbocycles. The number of carbonyl (C=O) groups is 1. The molecular weight excluding hydrogens is 302 g/mol. The second kappa shape index (κ2) is 6.84. The molecule has 0 bridgehead atoms. The first-order chi connectivity index (χ1) is 10.8. The van der Waals surface area contributed by atoms with Crippen LogP contribution in [0.3, 0.4) is 0 Å². The van der Waals surface area contributed by atoms with Crippen LogP contribution in [0, 0.1) is 0 Å². The normalized spacial score (nSPS) is 20.0. The number of aryl methyl sites for hydroxylation is 1. The van der Waals surface area contributed by atoms with Crippen LogP contribution in [0.1, 0.15) is 75.5 Å². The summed E-state index contributed by atoms with van der Waals surface area (Å²) in [6.07, 6.45) is 4.08. The number of rotatable bonds is 3. The fraction of sp³-hybridized carbons (Fsp3) is 0.750. The summed E-state index contributed by atoms with van der Waals surface area (Å²) in [6.45, 7) is 4.25. The Balaban J connectivity index is 0.000000595. The van der Waals surface area contributed by atoms with E-state index in [-0.39, 0.29) is 18.8 Å². The van der Waals surface area contributed by atoms with E-state index in [1.165, 1.54) is 6.42 Å². The second-order valence-electron chi connectivity index (χ2n) is 6.56. The highest BCUT2D eigenvalue weighted by Crippen LogP contribution is 2.52. The molecule has 3 rings (SSSR count). The number of nitrogens with one attached hydrogen (secondary N) is 1. The third-order valence-electron chi connectivity index (χ3n) is 4.34. The number of urea groups is 1. The third-order valence-corrected chi connectivity index (χ3v) is 4.34. The number of hydrogen-bond acceptors (Lipinski definition) is 2. The molecule has 0 radical (unpaired) electrons. The van der Waals surface area contributed by atoms with Gasteiger partial charge in [-0.3, -0.25) is 10.00 Å². The van der Waals surface area contributed by atoms with Crippen molar-refractivity contribution in [2.75, 3.05) is 5.32 Å². The molecule has 3 N–H and O–H groups in total. The average Bonchev–Trinajstić information content (AvgIpc) is 2.63. The highest BCUT2D eigenvalue weighted by molar-refractivity contribution is 5.88. The van der Waals surface area contributed by atoms with Crippen molar-refractivity contribution >= 4 is 11.8 Å². The van der Waals surface area contributed by atoms with Crippen molar-refractivity contribution in [3.8, 4) is 0 Å². The van der Waals surface area contributed by atoms with Crippen LogP contribution in [-0.4, -0.2) is 21.7 Å². The molecule has 5 nitrogen and oxygen atoms in total. The van der Waals surface area contributed by atoms with Crippen molar-refractivity contribution in [1.82, 2.24) is 9.78 Å². The van der Waals surface area contributed by atoms with E-state index >= 15 is 0 Å². The van der Waals surface area contributed by atoms with E-state index in [0.717, 1.165) is 24.8 Å². The number of halogens is 2. The molecule has 1 aromatic heterocycles. The van der Waals surface area contributed by atoms with Gasteiger partial charge < -0.3 is 5.73 Å². The van der Waals surface area contributed by atoms with E-state index in [4.69, 9.17) is 5.73 Å². The lowest BCUT2D eigenvalue weighted by molar-refractivity contribution is -0.0879. The van der Waals surface area contributed by atoms with E-state index in [0.29, 0.717) is 17.4 Å². The maximum Gasteiger partial charge on any atom is 0.317 e. The number of carbonyl (C=O) groups excluding carboxylic acids is 1. The van der Waals surface area contributed by atoms with Crippen LogP contribution in [0.25, 0.3) is 0 Å². The van der Waals surface area contributed by atoms with E-state index < -0.39 is 12.0 Å². The first-order valence-corrected chi connectivity index (χ1v) is 8.30.